The van der Waals surface area contributed by atoms with Crippen molar-refractivity contribution in [2.45, 2.75) is 57.4 Å². The summed E-state index contributed by atoms with van der Waals surface area (Å²) in [6, 6.07) is 12.1. The Hall–Kier alpha value is -3.14. The average molecular weight is 556 g/mol. The van der Waals surface area contributed by atoms with Crippen molar-refractivity contribution in [2.24, 2.45) is 17.8 Å². The first-order valence-electron chi connectivity index (χ1n) is 13.4. The van der Waals surface area contributed by atoms with Gasteiger partial charge in [-0.05, 0) is 74.2 Å². The molecular formula is C29H34ClN3O6. The lowest BCUT2D eigenvalue weighted by atomic mass is 9.70. The minimum Gasteiger partial charge on any atom is -0.494 e. The number of halogens is 1. The van der Waals surface area contributed by atoms with Crippen LogP contribution in [0.2, 0.25) is 5.02 Å². The van der Waals surface area contributed by atoms with Gasteiger partial charge in [0, 0.05) is 16.4 Å². The number of aliphatic hydroxyl groups is 1. The van der Waals surface area contributed by atoms with E-state index in [1.165, 1.54) is 4.90 Å². The van der Waals surface area contributed by atoms with Gasteiger partial charge in [-0.1, -0.05) is 25.4 Å². The zero-order chi connectivity index (χ0) is 27.9. The van der Waals surface area contributed by atoms with Crippen molar-refractivity contribution in [3.8, 4) is 5.75 Å². The van der Waals surface area contributed by atoms with Gasteiger partial charge in [0.15, 0.2) is 0 Å². The second kappa shape index (κ2) is 10.8. The van der Waals surface area contributed by atoms with Crippen molar-refractivity contribution in [3.63, 3.8) is 0 Å². The van der Waals surface area contributed by atoms with Crippen LogP contribution >= 0.6 is 11.6 Å². The van der Waals surface area contributed by atoms with E-state index in [0.29, 0.717) is 41.6 Å². The number of ether oxygens (including phenoxy) is 2. The van der Waals surface area contributed by atoms with Gasteiger partial charge in [0.2, 0.25) is 17.7 Å². The fourth-order valence-electron chi connectivity index (χ4n) is 6.44. The third-order valence-electron chi connectivity index (χ3n) is 8.15. The SMILES string of the molecule is CCOc1ccc(NC(=O)[C@@H]2[C@H]3C(=O)N([C@@H](CO)C(C)C)C(C(=O)Nc4ccc(Cl)cc4)C34CC[C@H]2O4)cc1. The molecule has 3 fully saturated rings. The Balaban J connectivity index is 1.46. The smallest absolute Gasteiger partial charge is 0.250 e. The number of hydrogen-bond donors (Lipinski definition) is 3. The van der Waals surface area contributed by atoms with Crippen molar-refractivity contribution in [2.75, 3.05) is 23.8 Å². The topological polar surface area (TPSA) is 117 Å². The van der Waals surface area contributed by atoms with Gasteiger partial charge in [-0.25, -0.2) is 0 Å². The highest BCUT2D eigenvalue weighted by molar-refractivity contribution is 6.30. The van der Waals surface area contributed by atoms with E-state index in [4.69, 9.17) is 21.1 Å². The zero-order valence-corrected chi connectivity index (χ0v) is 23.0. The molecule has 2 unspecified atom stereocenters. The van der Waals surface area contributed by atoms with Gasteiger partial charge in [-0.15, -0.1) is 0 Å². The van der Waals surface area contributed by atoms with Gasteiger partial charge in [0.05, 0.1) is 37.2 Å². The number of nitrogens with zero attached hydrogens (tertiary/aromatic N) is 1. The summed E-state index contributed by atoms with van der Waals surface area (Å²) < 4.78 is 11.9. The fourth-order valence-corrected chi connectivity index (χ4v) is 6.56. The molecule has 3 heterocycles. The Labute approximate surface area is 232 Å². The highest BCUT2D eigenvalue weighted by Gasteiger charge is 2.75. The number of carbonyl (C=O) groups is 3. The van der Waals surface area contributed by atoms with Gasteiger partial charge >= 0.3 is 0 Å². The molecule has 3 amide bonds. The fraction of sp³-hybridized carbons (Fsp3) is 0.483. The summed E-state index contributed by atoms with van der Waals surface area (Å²) in [7, 11) is 0. The molecule has 3 N–H and O–H groups in total. The van der Waals surface area contributed by atoms with Crippen LogP contribution < -0.4 is 15.4 Å². The molecule has 0 aromatic heterocycles. The third-order valence-corrected chi connectivity index (χ3v) is 8.40. The Morgan fingerprint density at radius 1 is 1.10 bits per heavy atom. The standard InChI is InChI=1S/C29H34ClN3O6/c1-4-38-20-11-9-19(10-12-20)31-26(35)23-22-13-14-29(39-22)24(23)28(37)33(21(15-34)16(2)3)25(29)27(36)32-18-7-5-17(30)6-8-18/h5-12,16,21-25,34H,4,13-15H2,1-3H3,(H,31,35)(H,32,36)/t21-,22+,23-,24-,25?,29?/m0/s1. The summed E-state index contributed by atoms with van der Waals surface area (Å²) in [5, 5.41) is 16.6. The van der Waals surface area contributed by atoms with E-state index in [1.54, 1.807) is 48.5 Å². The molecular weight excluding hydrogens is 522 g/mol. The summed E-state index contributed by atoms with van der Waals surface area (Å²) in [4.78, 5) is 43.1. The highest BCUT2D eigenvalue weighted by Crippen LogP contribution is 2.59. The van der Waals surface area contributed by atoms with Crippen molar-refractivity contribution in [1.82, 2.24) is 4.90 Å². The Kier molecular flexibility index (Phi) is 7.59. The quantitative estimate of drug-likeness (QED) is 0.434. The highest BCUT2D eigenvalue weighted by atomic mass is 35.5. The molecule has 3 saturated heterocycles. The normalized spacial score (nSPS) is 27.9. The lowest BCUT2D eigenvalue weighted by Crippen LogP contribution is -2.57. The van der Waals surface area contributed by atoms with Crippen molar-refractivity contribution in [3.05, 3.63) is 53.6 Å². The maximum Gasteiger partial charge on any atom is 0.250 e. The Morgan fingerprint density at radius 2 is 1.72 bits per heavy atom. The van der Waals surface area contributed by atoms with E-state index in [0.717, 1.165) is 0 Å². The van der Waals surface area contributed by atoms with Crippen LogP contribution in [0.4, 0.5) is 11.4 Å². The number of carbonyl (C=O) groups excluding carboxylic acids is 3. The molecule has 10 heteroatoms. The van der Waals surface area contributed by atoms with E-state index in [2.05, 4.69) is 10.6 Å². The van der Waals surface area contributed by atoms with E-state index < -0.39 is 41.5 Å². The molecule has 9 nitrogen and oxygen atoms in total. The number of aliphatic hydroxyl groups excluding tert-OH is 1. The van der Waals surface area contributed by atoms with E-state index in [9.17, 15) is 19.5 Å². The Morgan fingerprint density at radius 3 is 2.31 bits per heavy atom. The molecule has 2 aromatic carbocycles. The molecule has 6 atom stereocenters. The van der Waals surface area contributed by atoms with Crippen molar-refractivity contribution < 1.29 is 29.0 Å². The van der Waals surface area contributed by atoms with Crippen LogP contribution in [0, 0.1) is 17.8 Å². The first kappa shape index (κ1) is 27.4. The number of hydrogen-bond acceptors (Lipinski definition) is 6. The predicted octanol–water partition coefficient (Wildman–Crippen LogP) is 3.71. The molecule has 3 aliphatic rings. The zero-order valence-electron chi connectivity index (χ0n) is 22.2. The van der Waals surface area contributed by atoms with Gasteiger partial charge in [-0.2, -0.15) is 0 Å². The third kappa shape index (κ3) is 4.77. The van der Waals surface area contributed by atoms with E-state index >= 15 is 0 Å². The summed E-state index contributed by atoms with van der Waals surface area (Å²) in [6.45, 7) is 5.90. The lowest BCUT2D eigenvalue weighted by Gasteiger charge is -2.38. The number of fused-ring (bicyclic) bond motifs is 1. The van der Waals surface area contributed by atoms with Gasteiger partial charge in [-0.3, -0.25) is 14.4 Å². The number of benzene rings is 2. The van der Waals surface area contributed by atoms with E-state index in [-0.39, 0.29) is 24.3 Å². The van der Waals surface area contributed by atoms with Crippen LogP contribution in [0.25, 0.3) is 0 Å². The first-order chi connectivity index (χ1) is 18.7. The average Bonchev–Trinajstić information content (AvgIpc) is 3.55. The van der Waals surface area contributed by atoms with Crippen LogP contribution in [0.1, 0.15) is 33.6 Å². The first-order valence-corrected chi connectivity index (χ1v) is 13.8. The van der Waals surface area contributed by atoms with Crippen LogP contribution in [-0.2, 0) is 19.1 Å². The molecule has 0 aliphatic carbocycles. The van der Waals surface area contributed by atoms with Crippen LogP contribution in [0.15, 0.2) is 48.5 Å². The molecule has 1 spiro atoms. The number of likely N-dealkylation sites (tertiary alicyclic amines) is 1. The minimum absolute atomic E-state index is 0.131. The van der Waals surface area contributed by atoms with Crippen LogP contribution in [0.5, 0.6) is 5.75 Å². The summed E-state index contributed by atoms with van der Waals surface area (Å²) in [6.07, 6.45) is 0.530. The minimum atomic E-state index is -1.17. The predicted molar refractivity (Wildman–Crippen MR) is 146 cm³/mol. The van der Waals surface area contributed by atoms with Crippen LogP contribution in [-0.4, -0.2) is 64.7 Å². The van der Waals surface area contributed by atoms with Crippen molar-refractivity contribution >= 4 is 40.7 Å². The molecule has 208 valence electrons. The molecule has 2 aromatic rings. The van der Waals surface area contributed by atoms with Crippen molar-refractivity contribution in [1.29, 1.82) is 0 Å². The summed E-state index contributed by atoms with van der Waals surface area (Å²) >= 11 is 6.00. The second-order valence-corrected chi connectivity index (χ2v) is 11.2. The van der Waals surface area contributed by atoms with Gasteiger partial charge in [0.25, 0.3) is 0 Å². The lowest BCUT2D eigenvalue weighted by molar-refractivity contribution is -0.144. The molecule has 39 heavy (non-hydrogen) atoms. The van der Waals surface area contributed by atoms with E-state index in [1.807, 2.05) is 20.8 Å². The van der Waals surface area contributed by atoms with Crippen LogP contribution in [0.3, 0.4) is 0 Å². The largest absolute Gasteiger partial charge is 0.494 e. The maximum atomic E-state index is 14.1. The monoisotopic (exact) mass is 555 g/mol. The number of anilines is 2. The van der Waals surface area contributed by atoms with Gasteiger partial charge < -0.3 is 30.1 Å². The number of rotatable bonds is 9. The molecule has 0 radical (unpaired) electrons. The molecule has 3 aliphatic heterocycles. The van der Waals surface area contributed by atoms with Gasteiger partial charge in [0.1, 0.15) is 17.4 Å². The maximum absolute atomic E-state index is 14.1. The second-order valence-electron chi connectivity index (χ2n) is 10.7. The Bertz CT molecular complexity index is 1240. The molecule has 5 rings (SSSR count). The number of amides is 3. The molecule has 2 bridgehead atoms. The number of nitrogens with one attached hydrogen (secondary N) is 2. The summed E-state index contributed by atoms with van der Waals surface area (Å²) in [5.41, 5.74) is -0.0596. The molecule has 0 saturated carbocycles. The summed E-state index contributed by atoms with van der Waals surface area (Å²) in [5.74, 6) is -2.12.